The van der Waals surface area contributed by atoms with Crippen LogP contribution in [-0.4, -0.2) is 0 Å². The molecule has 0 nitrogen and oxygen atoms in total. The average molecular weight is 456 g/mol. The van der Waals surface area contributed by atoms with Gasteiger partial charge in [-0.05, 0) is 73.6 Å². The van der Waals surface area contributed by atoms with Gasteiger partial charge in [-0.3, -0.25) is 0 Å². The SMILES string of the molecule is [CH2]CCc1cc(CCCCCCCC)c(CCCCCCCC)c(CCCCCCCC)c1. The molecule has 1 rings (SSSR count). The summed E-state index contributed by atoms with van der Waals surface area (Å²) in [6, 6.07) is 5.16. The summed E-state index contributed by atoms with van der Waals surface area (Å²) in [5.41, 5.74) is 6.70. The van der Waals surface area contributed by atoms with Crippen LogP contribution in [0.5, 0.6) is 0 Å². The van der Waals surface area contributed by atoms with Gasteiger partial charge in [0.1, 0.15) is 0 Å². The van der Waals surface area contributed by atoms with Crippen LogP contribution < -0.4 is 0 Å². The molecule has 0 amide bonds. The number of aryl methyl sites for hydroxylation is 3. The van der Waals surface area contributed by atoms with Crippen molar-refractivity contribution in [2.45, 2.75) is 168 Å². The van der Waals surface area contributed by atoms with Crippen molar-refractivity contribution in [2.24, 2.45) is 0 Å². The summed E-state index contributed by atoms with van der Waals surface area (Å²) in [4.78, 5) is 0. The lowest BCUT2D eigenvalue weighted by Gasteiger charge is -2.18. The van der Waals surface area contributed by atoms with Crippen molar-refractivity contribution in [3.8, 4) is 0 Å². The molecule has 0 atom stereocenters. The average Bonchev–Trinajstić information content (AvgIpc) is 2.82. The molecule has 0 heterocycles. The predicted molar refractivity (Wildman–Crippen MR) is 151 cm³/mol. The van der Waals surface area contributed by atoms with Gasteiger partial charge < -0.3 is 0 Å². The zero-order chi connectivity index (χ0) is 24.0. The topological polar surface area (TPSA) is 0 Å². The maximum atomic E-state index is 4.16. The monoisotopic (exact) mass is 455 g/mol. The lowest BCUT2D eigenvalue weighted by atomic mass is 9.87. The summed E-state index contributed by atoms with van der Waals surface area (Å²) in [5.74, 6) is 0. The van der Waals surface area contributed by atoms with Gasteiger partial charge in [0.25, 0.3) is 0 Å². The highest BCUT2D eigenvalue weighted by Crippen LogP contribution is 2.26. The van der Waals surface area contributed by atoms with Crippen LogP contribution in [0.1, 0.15) is 165 Å². The van der Waals surface area contributed by atoms with E-state index in [0.717, 1.165) is 12.8 Å². The first-order chi connectivity index (χ1) is 16.3. The van der Waals surface area contributed by atoms with Crippen LogP contribution in [0.3, 0.4) is 0 Å². The van der Waals surface area contributed by atoms with Crippen molar-refractivity contribution >= 4 is 0 Å². The molecule has 0 unspecified atom stereocenters. The molecule has 0 saturated carbocycles. The van der Waals surface area contributed by atoms with E-state index in [1.54, 1.807) is 22.3 Å². The molecule has 1 aromatic carbocycles. The Bertz CT molecular complexity index is 518. The molecule has 0 heteroatoms. The molecular weight excluding hydrogens is 396 g/mol. The molecule has 0 aliphatic heterocycles. The minimum Gasteiger partial charge on any atom is -0.0654 e. The fourth-order valence-electron chi connectivity index (χ4n) is 5.26. The number of unbranched alkanes of at least 4 members (excludes halogenated alkanes) is 15. The molecule has 0 spiro atoms. The van der Waals surface area contributed by atoms with Gasteiger partial charge in [0.05, 0.1) is 0 Å². The van der Waals surface area contributed by atoms with E-state index in [-0.39, 0.29) is 0 Å². The van der Waals surface area contributed by atoms with Gasteiger partial charge in [-0.1, -0.05) is 136 Å². The lowest BCUT2D eigenvalue weighted by molar-refractivity contribution is 0.592. The Morgan fingerprint density at radius 3 is 1.21 bits per heavy atom. The van der Waals surface area contributed by atoms with Gasteiger partial charge in [0.15, 0.2) is 0 Å². The molecule has 0 fully saturated rings. The van der Waals surface area contributed by atoms with Crippen molar-refractivity contribution in [2.75, 3.05) is 0 Å². The third-order valence-corrected chi connectivity index (χ3v) is 7.34. The molecule has 33 heavy (non-hydrogen) atoms. The van der Waals surface area contributed by atoms with Crippen molar-refractivity contribution < 1.29 is 0 Å². The third-order valence-electron chi connectivity index (χ3n) is 7.34. The van der Waals surface area contributed by atoms with Crippen molar-refractivity contribution in [1.29, 1.82) is 0 Å². The van der Waals surface area contributed by atoms with E-state index >= 15 is 0 Å². The van der Waals surface area contributed by atoms with Crippen LogP contribution in [0, 0.1) is 6.92 Å². The highest BCUT2D eigenvalue weighted by Gasteiger charge is 2.11. The van der Waals surface area contributed by atoms with Gasteiger partial charge >= 0.3 is 0 Å². The van der Waals surface area contributed by atoms with Crippen molar-refractivity contribution in [3.05, 3.63) is 41.3 Å². The van der Waals surface area contributed by atoms with Crippen LogP contribution >= 0.6 is 0 Å². The summed E-state index contributed by atoms with van der Waals surface area (Å²) in [7, 11) is 0. The largest absolute Gasteiger partial charge is 0.0654 e. The van der Waals surface area contributed by atoms with E-state index in [2.05, 4.69) is 39.8 Å². The fraction of sp³-hybridized carbons (Fsp3) is 0.788. The van der Waals surface area contributed by atoms with Gasteiger partial charge in [-0.2, -0.15) is 0 Å². The molecular formula is C33H59. The number of benzene rings is 1. The van der Waals surface area contributed by atoms with Crippen molar-refractivity contribution in [3.63, 3.8) is 0 Å². The molecule has 0 aromatic heterocycles. The van der Waals surface area contributed by atoms with E-state index < -0.39 is 0 Å². The number of rotatable bonds is 23. The Kier molecular flexibility index (Phi) is 19.9. The Morgan fingerprint density at radius 1 is 0.455 bits per heavy atom. The summed E-state index contributed by atoms with van der Waals surface area (Å²) in [6.45, 7) is 11.1. The zero-order valence-corrected chi connectivity index (χ0v) is 23.1. The lowest BCUT2D eigenvalue weighted by Crippen LogP contribution is -2.04. The van der Waals surface area contributed by atoms with Crippen LogP contribution in [0.2, 0.25) is 0 Å². The molecule has 0 N–H and O–H groups in total. The van der Waals surface area contributed by atoms with E-state index in [1.165, 1.54) is 135 Å². The van der Waals surface area contributed by atoms with Gasteiger partial charge in [0, 0.05) is 0 Å². The summed E-state index contributed by atoms with van der Waals surface area (Å²) in [5, 5.41) is 0. The molecule has 0 aliphatic carbocycles. The molecule has 0 saturated heterocycles. The standard InChI is InChI=1S/C33H59/c1-5-9-12-15-18-21-25-31-28-30(24-8-4)29-32(26-22-19-16-13-10-6-2)33(31)27-23-20-17-14-11-7-3/h28-29H,4-27H2,1-3H3. The predicted octanol–water partition coefficient (Wildman–Crippen LogP) is 11.2. The van der Waals surface area contributed by atoms with E-state index in [9.17, 15) is 0 Å². The van der Waals surface area contributed by atoms with Gasteiger partial charge in [0.2, 0.25) is 0 Å². The van der Waals surface area contributed by atoms with Crippen LogP contribution in [-0.2, 0) is 25.7 Å². The van der Waals surface area contributed by atoms with Crippen LogP contribution in [0.15, 0.2) is 12.1 Å². The normalized spacial score (nSPS) is 11.4. The molecule has 1 aromatic rings. The number of hydrogen-bond donors (Lipinski definition) is 0. The van der Waals surface area contributed by atoms with Gasteiger partial charge in [-0.25, -0.2) is 0 Å². The van der Waals surface area contributed by atoms with Crippen LogP contribution in [0.25, 0.3) is 0 Å². The summed E-state index contributed by atoms with van der Waals surface area (Å²) >= 11 is 0. The second kappa shape index (κ2) is 21.7. The molecule has 0 bridgehead atoms. The maximum Gasteiger partial charge on any atom is -0.0273 e. The Morgan fingerprint density at radius 2 is 0.818 bits per heavy atom. The van der Waals surface area contributed by atoms with E-state index in [1.807, 2.05) is 0 Å². The second-order valence-electron chi connectivity index (χ2n) is 10.5. The first kappa shape index (κ1) is 30.3. The number of hydrogen-bond acceptors (Lipinski definition) is 0. The van der Waals surface area contributed by atoms with Crippen molar-refractivity contribution in [1.82, 2.24) is 0 Å². The highest BCUT2D eigenvalue weighted by molar-refractivity contribution is 5.40. The van der Waals surface area contributed by atoms with E-state index in [4.69, 9.17) is 0 Å². The molecule has 191 valence electrons. The summed E-state index contributed by atoms with van der Waals surface area (Å²) in [6.07, 6.45) is 31.2. The minimum absolute atomic E-state index is 1.02. The highest BCUT2D eigenvalue weighted by atomic mass is 14.2. The quantitative estimate of drug-likeness (QED) is 0.144. The maximum absolute atomic E-state index is 4.16. The van der Waals surface area contributed by atoms with Crippen LogP contribution in [0.4, 0.5) is 0 Å². The fourth-order valence-corrected chi connectivity index (χ4v) is 5.26. The Balaban J connectivity index is 2.81. The Labute approximate surface area is 209 Å². The first-order valence-electron chi connectivity index (χ1n) is 15.2. The zero-order valence-electron chi connectivity index (χ0n) is 23.1. The first-order valence-corrected chi connectivity index (χ1v) is 15.2. The Hall–Kier alpha value is -0.780. The minimum atomic E-state index is 1.02. The smallest absolute Gasteiger partial charge is 0.0273 e. The van der Waals surface area contributed by atoms with E-state index in [0.29, 0.717) is 0 Å². The third kappa shape index (κ3) is 15.0. The second-order valence-corrected chi connectivity index (χ2v) is 10.5. The van der Waals surface area contributed by atoms with Gasteiger partial charge in [-0.15, -0.1) is 0 Å². The summed E-state index contributed by atoms with van der Waals surface area (Å²) < 4.78 is 0. The molecule has 1 radical (unpaired) electrons. The molecule has 0 aliphatic rings.